The third kappa shape index (κ3) is 7.69. The van der Waals surface area contributed by atoms with Gasteiger partial charge in [0.25, 0.3) is 0 Å². The Kier molecular flexibility index (Phi) is 8.64. The first-order valence-corrected chi connectivity index (χ1v) is 10.5. The van der Waals surface area contributed by atoms with Crippen LogP contribution in [-0.4, -0.2) is 52.6 Å². The van der Waals surface area contributed by atoms with Crippen molar-refractivity contribution < 1.29 is 46.6 Å². The first-order valence-electron chi connectivity index (χ1n) is 9.38. The van der Waals surface area contributed by atoms with Gasteiger partial charge in [-0.25, -0.2) is 19.4 Å². The molecule has 0 atom stereocenters. The molecule has 9 nitrogen and oxygen atoms in total. The number of hydrogen-bond donors (Lipinski definition) is 0. The fraction of sp³-hybridized carbons (Fsp3) is 0.550. The van der Waals surface area contributed by atoms with Gasteiger partial charge in [-0.05, 0) is 47.6 Å². The van der Waals surface area contributed by atoms with Crippen molar-refractivity contribution in [3.8, 4) is 0 Å². The molecular formula is C20H24BrF3N2O7. The molecule has 1 aromatic rings. The third-order valence-electron chi connectivity index (χ3n) is 3.47. The normalized spacial score (nSPS) is 12.1. The lowest BCUT2D eigenvalue weighted by molar-refractivity contribution is -0.138. The van der Waals surface area contributed by atoms with E-state index in [-0.39, 0.29) is 11.0 Å². The number of alkyl halides is 4. The Morgan fingerprint density at radius 3 is 1.73 bits per heavy atom. The number of hydrogen-bond acceptors (Lipinski definition) is 8. The third-order valence-corrected chi connectivity index (χ3v) is 3.97. The van der Waals surface area contributed by atoms with Crippen LogP contribution in [0.4, 0.5) is 28.4 Å². The van der Waals surface area contributed by atoms with Crippen LogP contribution in [0, 0.1) is 0 Å². The number of methoxy groups -OCH3 is 1. The number of amides is 2. The second-order valence-corrected chi connectivity index (χ2v) is 9.16. The van der Waals surface area contributed by atoms with E-state index >= 15 is 0 Å². The number of carbonyl (C=O) groups is 4. The monoisotopic (exact) mass is 540 g/mol. The predicted octanol–water partition coefficient (Wildman–Crippen LogP) is 5.14. The molecule has 33 heavy (non-hydrogen) atoms. The van der Waals surface area contributed by atoms with E-state index in [1.54, 1.807) is 0 Å². The van der Waals surface area contributed by atoms with Gasteiger partial charge in [-0.1, -0.05) is 15.9 Å². The molecular weight excluding hydrogens is 517 g/mol. The molecule has 1 aromatic heterocycles. The van der Waals surface area contributed by atoms with Crippen LogP contribution in [0.5, 0.6) is 0 Å². The molecule has 0 unspecified atom stereocenters. The standard InChI is InChI=1S/C20H24BrF3N2O7/c1-18(2,3)32-16(29)26(17(30)33-19(4,5)6)11-8-10(20(22,23)24)13(12(27)9-21)25-14(11)15(28)31-7/h8H,9H2,1-7H3. The van der Waals surface area contributed by atoms with E-state index in [0.29, 0.717) is 0 Å². The van der Waals surface area contributed by atoms with E-state index in [1.807, 2.05) is 0 Å². The van der Waals surface area contributed by atoms with E-state index in [2.05, 4.69) is 25.7 Å². The maximum atomic E-state index is 13.8. The van der Waals surface area contributed by atoms with Crippen LogP contribution < -0.4 is 4.90 Å². The van der Waals surface area contributed by atoms with Gasteiger partial charge in [0.2, 0.25) is 0 Å². The lowest BCUT2D eigenvalue weighted by Gasteiger charge is -2.29. The zero-order chi connectivity index (χ0) is 25.9. The average Bonchev–Trinajstić information content (AvgIpc) is 2.62. The van der Waals surface area contributed by atoms with Crippen molar-refractivity contribution in [2.45, 2.75) is 58.9 Å². The topological polar surface area (TPSA) is 112 Å². The summed E-state index contributed by atoms with van der Waals surface area (Å²) < 4.78 is 56.1. The van der Waals surface area contributed by atoms with Crippen LogP contribution in [0.3, 0.4) is 0 Å². The minimum atomic E-state index is -5.13. The van der Waals surface area contributed by atoms with Gasteiger partial charge in [0.15, 0.2) is 11.5 Å². The number of anilines is 1. The molecule has 0 aromatic carbocycles. The summed E-state index contributed by atoms with van der Waals surface area (Å²) >= 11 is 2.76. The number of pyridine rings is 1. The van der Waals surface area contributed by atoms with Crippen LogP contribution in [0.1, 0.15) is 68.1 Å². The zero-order valence-corrected chi connectivity index (χ0v) is 20.6. The fourth-order valence-electron chi connectivity index (χ4n) is 2.30. The van der Waals surface area contributed by atoms with Gasteiger partial charge in [0.05, 0.1) is 23.7 Å². The van der Waals surface area contributed by atoms with Crippen molar-refractivity contribution in [3.05, 3.63) is 23.0 Å². The van der Waals surface area contributed by atoms with Crippen molar-refractivity contribution in [3.63, 3.8) is 0 Å². The van der Waals surface area contributed by atoms with Crippen LogP contribution in [-0.2, 0) is 20.4 Å². The molecule has 0 fully saturated rings. The Bertz CT molecular complexity index is 923. The number of imide groups is 1. The molecule has 0 aliphatic carbocycles. The summed E-state index contributed by atoms with van der Waals surface area (Å²) in [6, 6.07) is 0.281. The predicted molar refractivity (Wildman–Crippen MR) is 114 cm³/mol. The molecule has 2 amide bonds. The first-order chi connectivity index (χ1) is 14.8. The number of carbonyl (C=O) groups excluding carboxylic acids is 4. The van der Waals surface area contributed by atoms with Crippen molar-refractivity contribution in [1.29, 1.82) is 0 Å². The second kappa shape index (κ2) is 10.1. The van der Waals surface area contributed by atoms with Gasteiger partial charge in [-0.15, -0.1) is 0 Å². The average molecular weight is 541 g/mol. The molecule has 0 aliphatic rings. The van der Waals surface area contributed by atoms with Gasteiger partial charge in [0, 0.05) is 0 Å². The fourth-order valence-corrected chi connectivity index (χ4v) is 2.56. The second-order valence-electron chi connectivity index (χ2n) is 8.59. The van der Waals surface area contributed by atoms with E-state index in [1.165, 1.54) is 41.5 Å². The summed E-state index contributed by atoms with van der Waals surface area (Å²) in [6.07, 6.45) is -8.00. The number of nitrogens with zero attached hydrogens (tertiary/aromatic N) is 2. The number of esters is 1. The highest BCUT2D eigenvalue weighted by Crippen LogP contribution is 2.36. The highest BCUT2D eigenvalue weighted by Gasteiger charge is 2.42. The van der Waals surface area contributed by atoms with E-state index in [9.17, 15) is 32.3 Å². The van der Waals surface area contributed by atoms with E-state index in [4.69, 9.17) is 9.47 Å². The summed E-state index contributed by atoms with van der Waals surface area (Å²) in [4.78, 5) is 53.8. The van der Waals surface area contributed by atoms with Crippen LogP contribution in [0.15, 0.2) is 6.07 Å². The Hall–Kier alpha value is -2.70. The van der Waals surface area contributed by atoms with Gasteiger partial charge in [0.1, 0.15) is 16.9 Å². The molecule has 184 valence electrons. The maximum Gasteiger partial charge on any atom is 0.424 e. The minimum absolute atomic E-state index is 0.105. The smallest absolute Gasteiger partial charge is 0.424 e. The number of Topliss-reactive ketones (excluding diaryl/α,β-unsaturated/α-hetero) is 1. The summed E-state index contributed by atoms with van der Waals surface area (Å²) in [5.41, 5.74) is -6.84. The van der Waals surface area contributed by atoms with E-state index < -0.39 is 69.3 Å². The SMILES string of the molecule is COC(=O)c1nc(C(=O)CBr)c(C(F)(F)F)cc1N(C(=O)OC(C)(C)C)C(=O)OC(C)(C)C. The number of ketones is 1. The van der Waals surface area contributed by atoms with Crippen molar-refractivity contribution >= 4 is 45.6 Å². The molecule has 0 saturated carbocycles. The number of aromatic nitrogens is 1. The lowest BCUT2D eigenvalue weighted by atomic mass is 10.1. The summed E-state index contributed by atoms with van der Waals surface area (Å²) in [5, 5.41) is -0.537. The van der Waals surface area contributed by atoms with Crippen LogP contribution in [0.25, 0.3) is 0 Å². The quantitative estimate of drug-likeness (QED) is 0.223. The largest absolute Gasteiger partial charge is 0.464 e. The van der Waals surface area contributed by atoms with Crippen LogP contribution in [0.2, 0.25) is 0 Å². The van der Waals surface area contributed by atoms with Crippen molar-refractivity contribution in [2.24, 2.45) is 0 Å². The van der Waals surface area contributed by atoms with Crippen molar-refractivity contribution in [2.75, 3.05) is 17.3 Å². The van der Waals surface area contributed by atoms with Gasteiger partial charge < -0.3 is 14.2 Å². The zero-order valence-electron chi connectivity index (χ0n) is 19.0. The Morgan fingerprint density at radius 2 is 1.39 bits per heavy atom. The summed E-state index contributed by atoms with van der Waals surface area (Å²) in [5.74, 6) is -2.40. The molecule has 0 spiro atoms. The summed E-state index contributed by atoms with van der Waals surface area (Å²) in [6.45, 7) is 8.73. The number of rotatable bonds is 4. The first kappa shape index (κ1) is 28.3. The van der Waals surface area contributed by atoms with Gasteiger partial charge in [-0.3, -0.25) is 4.79 Å². The van der Waals surface area contributed by atoms with Crippen molar-refractivity contribution in [1.82, 2.24) is 4.98 Å². The highest BCUT2D eigenvalue weighted by atomic mass is 79.9. The Balaban J connectivity index is 3.99. The number of ether oxygens (including phenoxy) is 3. The molecule has 0 N–H and O–H groups in total. The molecule has 0 radical (unpaired) electrons. The highest BCUT2D eigenvalue weighted by molar-refractivity contribution is 9.09. The molecule has 1 rings (SSSR count). The number of halogens is 4. The molecule has 0 bridgehead atoms. The molecule has 1 heterocycles. The molecule has 0 saturated heterocycles. The van der Waals surface area contributed by atoms with Gasteiger partial charge in [-0.2, -0.15) is 18.1 Å². The maximum absolute atomic E-state index is 13.8. The lowest BCUT2D eigenvalue weighted by Crippen LogP contribution is -2.45. The molecule has 0 aliphatic heterocycles. The van der Waals surface area contributed by atoms with E-state index in [0.717, 1.165) is 7.11 Å². The minimum Gasteiger partial charge on any atom is -0.464 e. The summed E-state index contributed by atoms with van der Waals surface area (Å²) in [7, 11) is 0.905. The Morgan fingerprint density at radius 1 is 0.939 bits per heavy atom. The van der Waals surface area contributed by atoms with Gasteiger partial charge >= 0.3 is 24.3 Å². The molecule has 13 heteroatoms. The van der Waals surface area contributed by atoms with Crippen LogP contribution >= 0.6 is 15.9 Å². The Labute approximate surface area is 196 Å².